The van der Waals surface area contributed by atoms with E-state index in [0.717, 1.165) is 23.8 Å². The lowest BCUT2D eigenvalue weighted by Crippen LogP contribution is -2.39. The second-order valence-electron chi connectivity index (χ2n) is 4.94. The van der Waals surface area contributed by atoms with Crippen LogP contribution in [0.15, 0.2) is 0 Å². The van der Waals surface area contributed by atoms with E-state index in [0.29, 0.717) is 0 Å². The van der Waals surface area contributed by atoms with E-state index in [1.165, 1.54) is 37.9 Å². The third-order valence-corrected chi connectivity index (χ3v) is 4.51. The summed E-state index contributed by atoms with van der Waals surface area (Å²) in [5.74, 6) is 2.25. The molecule has 0 aromatic rings. The fourth-order valence-corrected chi connectivity index (χ4v) is 3.44. The first-order valence-electron chi connectivity index (χ1n) is 6.59. The van der Waals surface area contributed by atoms with Crippen LogP contribution in [0.5, 0.6) is 0 Å². The van der Waals surface area contributed by atoms with Gasteiger partial charge in [-0.1, -0.05) is 40.0 Å². The van der Waals surface area contributed by atoms with Crippen molar-refractivity contribution in [2.75, 3.05) is 12.3 Å². The minimum absolute atomic E-state index is 0.766. The number of hydrogen-bond acceptors (Lipinski definition) is 2. The fraction of sp³-hybridized carbons (Fsp3) is 1.00. The highest BCUT2D eigenvalue weighted by Gasteiger charge is 2.22. The van der Waals surface area contributed by atoms with Crippen LogP contribution in [0.2, 0.25) is 0 Å². The Labute approximate surface area is 99.8 Å². The number of thioether (sulfide) groups is 1. The van der Waals surface area contributed by atoms with Gasteiger partial charge in [-0.05, 0) is 30.6 Å². The minimum atomic E-state index is 0.766. The standard InChI is InChI=1S/C13H27NS/c1-4-14-13(10-15-11(2)3)12-8-6-5-7-9-12/h11-14H,4-10H2,1-3H3. The molecular formula is C13H27NS. The van der Waals surface area contributed by atoms with Crippen molar-refractivity contribution in [1.29, 1.82) is 0 Å². The van der Waals surface area contributed by atoms with Gasteiger partial charge in [-0.3, -0.25) is 0 Å². The molecule has 1 N–H and O–H groups in total. The third-order valence-electron chi connectivity index (χ3n) is 3.29. The van der Waals surface area contributed by atoms with Crippen LogP contribution < -0.4 is 5.32 Å². The molecular weight excluding hydrogens is 202 g/mol. The van der Waals surface area contributed by atoms with E-state index < -0.39 is 0 Å². The van der Waals surface area contributed by atoms with Gasteiger partial charge in [0, 0.05) is 11.8 Å². The Kier molecular flexibility index (Phi) is 6.74. The summed E-state index contributed by atoms with van der Waals surface area (Å²) in [4.78, 5) is 0. The van der Waals surface area contributed by atoms with Crippen LogP contribution in [0.25, 0.3) is 0 Å². The SMILES string of the molecule is CCNC(CSC(C)C)C1CCCCC1. The Balaban J connectivity index is 2.33. The van der Waals surface area contributed by atoms with Gasteiger partial charge in [0.2, 0.25) is 0 Å². The Hall–Kier alpha value is 0.310. The largest absolute Gasteiger partial charge is 0.313 e. The highest BCUT2D eigenvalue weighted by molar-refractivity contribution is 7.99. The molecule has 0 radical (unpaired) electrons. The second kappa shape index (κ2) is 7.56. The molecule has 0 heterocycles. The highest BCUT2D eigenvalue weighted by Crippen LogP contribution is 2.28. The minimum Gasteiger partial charge on any atom is -0.313 e. The van der Waals surface area contributed by atoms with Gasteiger partial charge in [0.1, 0.15) is 0 Å². The van der Waals surface area contributed by atoms with Gasteiger partial charge in [0.15, 0.2) is 0 Å². The average Bonchev–Trinajstić information content (AvgIpc) is 2.25. The van der Waals surface area contributed by atoms with E-state index in [1.807, 2.05) is 0 Å². The van der Waals surface area contributed by atoms with Crippen LogP contribution in [0.1, 0.15) is 52.9 Å². The van der Waals surface area contributed by atoms with E-state index in [4.69, 9.17) is 0 Å². The van der Waals surface area contributed by atoms with Crippen LogP contribution in [0.4, 0.5) is 0 Å². The molecule has 90 valence electrons. The number of rotatable bonds is 6. The fourth-order valence-electron chi connectivity index (χ4n) is 2.46. The molecule has 1 rings (SSSR count). The molecule has 15 heavy (non-hydrogen) atoms. The molecule has 0 amide bonds. The first-order chi connectivity index (χ1) is 7.24. The predicted octanol–water partition coefficient (Wildman–Crippen LogP) is 3.69. The van der Waals surface area contributed by atoms with Crippen LogP contribution in [-0.2, 0) is 0 Å². The van der Waals surface area contributed by atoms with Gasteiger partial charge in [-0.25, -0.2) is 0 Å². The summed E-state index contributed by atoms with van der Waals surface area (Å²) in [5.41, 5.74) is 0. The Morgan fingerprint density at radius 3 is 2.40 bits per heavy atom. The summed E-state index contributed by atoms with van der Waals surface area (Å²) < 4.78 is 0. The lowest BCUT2D eigenvalue weighted by molar-refractivity contribution is 0.288. The molecule has 1 fully saturated rings. The first-order valence-corrected chi connectivity index (χ1v) is 7.64. The smallest absolute Gasteiger partial charge is 0.0186 e. The van der Waals surface area contributed by atoms with E-state index >= 15 is 0 Å². The molecule has 1 aliphatic carbocycles. The third kappa shape index (κ3) is 5.26. The van der Waals surface area contributed by atoms with Gasteiger partial charge in [0.05, 0.1) is 0 Å². The molecule has 2 heteroatoms. The lowest BCUT2D eigenvalue weighted by Gasteiger charge is -2.31. The van der Waals surface area contributed by atoms with Crippen molar-refractivity contribution in [3.8, 4) is 0 Å². The maximum absolute atomic E-state index is 3.69. The highest BCUT2D eigenvalue weighted by atomic mass is 32.2. The summed E-state index contributed by atoms with van der Waals surface area (Å²) >= 11 is 2.11. The molecule has 0 aromatic carbocycles. The van der Waals surface area contributed by atoms with Gasteiger partial charge in [0.25, 0.3) is 0 Å². The van der Waals surface area contributed by atoms with Crippen molar-refractivity contribution < 1.29 is 0 Å². The summed E-state index contributed by atoms with van der Waals surface area (Å²) in [7, 11) is 0. The van der Waals surface area contributed by atoms with Crippen LogP contribution >= 0.6 is 11.8 Å². The first kappa shape index (κ1) is 13.4. The summed E-state index contributed by atoms with van der Waals surface area (Å²) in [6.07, 6.45) is 7.29. The molecule has 0 saturated heterocycles. The molecule has 1 nitrogen and oxygen atoms in total. The summed E-state index contributed by atoms with van der Waals surface area (Å²) in [6, 6.07) is 0.766. The van der Waals surface area contributed by atoms with Crippen LogP contribution in [0, 0.1) is 5.92 Å². The Bertz CT molecular complexity index is 153. The average molecular weight is 229 g/mol. The van der Waals surface area contributed by atoms with Crippen molar-refractivity contribution in [1.82, 2.24) is 5.32 Å². The van der Waals surface area contributed by atoms with Crippen molar-refractivity contribution in [2.24, 2.45) is 5.92 Å². The van der Waals surface area contributed by atoms with Crippen LogP contribution in [-0.4, -0.2) is 23.6 Å². The summed E-state index contributed by atoms with van der Waals surface area (Å²) in [6.45, 7) is 7.96. The molecule has 1 atom stereocenters. The zero-order valence-corrected chi connectivity index (χ0v) is 11.4. The monoisotopic (exact) mass is 229 g/mol. The number of nitrogens with one attached hydrogen (secondary N) is 1. The topological polar surface area (TPSA) is 12.0 Å². The normalized spacial score (nSPS) is 20.8. The molecule has 0 spiro atoms. The van der Waals surface area contributed by atoms with Crippen molar-refractivity contribution in [3.05, 3.63) is 0 Å². The van der Waals surface area contributed by atoms with Crippen molar-refractivity contribution in [2.45, 2.75) is 64.2 Å². The zero-order valence-electron chi connectivity index (χ0n) is 10.6. The summed E-state index contributed by atoms with van der Waals surface area (Å²) in [5, 5.41) is 4.46. The maximum Gasteiger partial charge on any atom is 0.0186 e. The second-order valence-corrected chi connectivity index (χ2v) is 6.55. The van der Waals surface area contributed by atoms with Gasteiger partial charge < -0.3 is 5.32 Å². The zero-order chi connectivity index (χ0) is 11.1. The van der Waals surface area contributed by atoms with Crippen molar-refractivity contribution in [3.63, 3.8) is 0 Å². The molecule has 0 bridgehead atoms. The number of hydrogen-bond donors (Lipinski definition) is 1. The van der Waals surface area contributed by atoms with Crippen LogP contribution in [0.3, 0.4) is 0 Å². The molecule has 1 aliphatic rings. The maximum atomic E-state index is 3.69. The molecule has 0 aromatic heterocycles. The van der Waals surface area contributed by atoms with Crippen molar-refractivity contribution >= 4 is 11.8 Å². The molecule has 1 saturated carbocycles. The van der Waals surface area contributed by atoms with Gasteiger partial charge in [-0.15, -0.1) is 0 Å². The Morgan fingerprint density at radius 2 is 1.87 bits per heavy atom. The van der Waals surface area contributed by atoms with Gasteiger partial charge >= 0.3 is 0 Å². The van der Waals surface area contributed by atoms with Gasteiger partial charge in [-0.2, -0.15) is 11.8 Å². The predicted molar refractivity (Wildman–Crippen MR) is 71.6 cm³/mol. The lowest BCUT2D eigenvalue weighted by atomic mass is 9.84. The van der Waals surface area contributed by atoms with E-state index in [9.17, 15) is 0 Å². The molecule has 1 unspecified atom stereocenters. The molecule has 0 aliphatic heterocycles. The quantitative estimate of drug-likeness (QED) is 0.745. The Morgan fingerprint density at radius 1 is 1.20 bits per heavy atom. The van der Waals surface area contributed by atoms with E-state index in [-0.39, 0.29) is 0 Å². The van der Waals surface area contributed by atoms with E-state index in [2.05, 4.69) is 37.8 Å². The van der Waals surface area contributed by atoms with E-state index in [1.54, 1.807) is 0 Å².